The Morgan fingerprint density at radius 2 is 1.89 bits per heavy atom. The fraction of sp³-hybridized carbons (Fsp3) is 0.381. The minimum atomic E-state index is -0.00539. The van der Waals surface area contributed by atoms with Gasteiger partial charge in [-0.3, -0.25) is 9.48 Å². The largest absolute Gasteiger partial charge is 0.352 e. The number of hydrogen-bond acceptors (Lipinski definition) is 4. The Morgan fingerprint density at radius 1 is 1.15 bits per heavy atom. The van der Waals surface area contributed by atoms with Gasteiger partial charge in [-0.05, 0) is 42.7 Å². The Morgan fingerprint density at radius 3 is 2.63 bits per heavy atom. The average molecular weight is 365 g/mol. The van der Waals surface area contributed by atoms with Crippen molar-refractivity contribution in [1.29, 1.82) is 0 Å². The Kier molecular flexibility index (Phi) is 6.19. The molecule has 6 heteroatoms. The third-order valence-electron chi connectivity index (χ3n) is 4.61. The number of pyridine rings is 1. The second-order valence-electron chi connectivity index (χ2n) is 6.83. The summed E-state index contributed by atoms with van der Waals surface area (Å²) in [6.07, 6.45) is 3.97. The summed E-state index contributed by atoms with van der Waals surface area (Å²) < 4.78 is 1.81. The van der Waals surface area contributed by atoms with Crippen LogP contribution in [0.1, 0.15) is 46.9 Å². The Labute approximate surface area is 160 Å². The highest BCUT2D eigenvalue weighted by Crippen LogP contribution is 2.16. The highest BCUT2D eigenvalue weighted by atomic mass is 16.1. The van der Waals surface area contributed by atoms with E-state index < -0.39 is 0 Å². The van der Waals surface area contributed by atoms with E-state index in [1.54, 1.807) is 0 Å². The van der Waals surface area contributed by atoms with Gasteiger partial charge in [0.25, 0.3) is 5.91 Å². The molecule has 0 fully saturated rings. The van der Waals surface area contributed by atoms with E-state index in [0.717, 1.165) is 60.3 Å². The van der Waals surface area contributed by atoms with Crippen LogP contribution in [0.2, 0.25) is 0 Å². The third-order valence-corrected chi connectivity index (χ3v) is 4.61. The highest BCUT2D eigenvalue weighted by molar-refractivity contribution is 5.94. The molecule has 0 aliphatic rings. The Hall–Kier alpha value is -2.73. The van der Waals surface area contributed by atoms with Crippen molar-refractivity contribution in [2.45, 2.75) is 39.8 Å². The molecule has 0 spiro atoms. The fourth-order valence-corrected chi connectivity index (χ4v) is 3.05. The van der Waals surface area contributed by atoms with Gasteiger partial charge < -0.3 is 10.6 Å². The molecule has 2 N–H and O–H groups in total. The van der Waals surface area contributed by atoms with E-state index >= 15 is 0 Å². The molecule has 0 aliphatic carbocycles. The lowest BCUT2D eigenvalue weighted by Crippen LogP contribution is -2.24. The van der Waals surface area contributed by atoms with Gasteiger partial charge in [-0.25, -0.2) is 4.98 Å². The second-order valence-corrected chi connectivity index (χ2v) is 6.83. The molecular formula is C21H27N5O. The van der Waals surface area contributed by atoms with Crippen molar-refractivity contribution in [2.75, 3.05) is 6.54 Å². The van der Waals surface area contributed by atoms with Gasteiger partial charge in [-0.2, -0.15) is 5.10 Å². The molecule has 142 valence electrons. The number of nitrogens with one attached hydrogen (secondary N) is 2. The molecule has 2 heterocycles. The molecule has 2 aromatic heterocycles. The molecule has 0 radical (unpaired) electrons. The number of aromatic nitrogens is 3. The molecule has 0 aliphatic heterocycles. The number of hydrogen-bond donors (Lipinski definition) is 2. The molecule has 6 nitrogen and oxygen atoms in total. The average Bonchev–Trinajstić information content (AvgIpc) is 2.96. The molecule has 0 bridgehead atoms. The van der Waals surface area contributed by atoms with Crippen molar-refractivity contribution in [1.82, 2.24) is 25.4 Å². The normalized spacial score (nSPS) is 11.1. The van der Waals surface area contributed by atoms with Crippen LogP contribution in [-0.4, -0.2) is 27.2 Å². The fourth-order valence-electron chi connectivity index (χ4n) is 3.05. The van der Waals surface area contributed by atoms with E-state index in [4.69, 9.17) is 0 Å². The number of carbonyl (C=O) groups is 1. The zero-order valence-corrected chi connectivity index (χ0v) is 16.2. The lowest BCUT2D eigenvalue weighted by Gasteiger charge is -2.07. The predicted molar refractivity (Wildman–Crippen MR) is 107 cm³/mol. The van der Waals surface area contributed by atoms with Crippen molar-refractivity contribution in [3.63, 3.8) is 0 Å². The summed E-state index contributed by atoms with van der Waals surface area (Å²) in [5.41, 5.74) is 4.88. The number of benzene rings is 1. The van der Waals surface area contributed by atoms with Gasteiger partial charge in [0.05, 0.1) is 5.69 Å². The van der Waals surface area contributed by atoms with Crippen LogP contribution in [0.25, 0.3) is 11.0 Å². The number of aryl methyl sites for hydroxylation is 2. The first-order chi connectivity index (χ1) is 13.1. The zero-order valence-electron chi connectivity index (χ0n) is 16.2. The summed E-state index contributed by atoms with van der Waals surface area (Å²) in [6.45, 7) is 6.31. The standard InChI is InChI=1S/C21H27N5O/c1-4-5-10-23-21(27)18-8-6-16(7-9-18)12-22-13-17-11-19-15(2)25-26(3)20(19)24-14-17/h6-9,11,14,22H,4-5,10,12-13H2,1-3H3,(H,23,27). The van der Waals surface area contributed by atoms with Crippen LogP contribution in [0, 0.1) is 6.92 Å². The molecule has 3 aromatic rings. The van der Waals surface area contributed by atoms with Crippen LogP contribution in [0.4, 0.5) is 0 Å². The summed E-state index contributed by atoms with van der Waals surface area (Å²) in [4.78, 5) is 16.5. The topological polar surface area (TPSA) is 71.8 Å². The SMILES string of the molecule is CCCCNC(=O)c1ccc(CNCc2cnc3c(c2)c(C)nn3C)cc1. The van der Waals surface area contributed by atoms with Crippen molar-refractivity contribution in [3.05, 3.63) is 58.9 Å². The quantitative estimate of drug-likeness (QED) is 0.602. The molecule has 0 unspecified atom stereocenters. The number of carbonyl (C=O) groups excluding carboxylic acids is 1. The number of unbranched alkanes of at least 4 members (excludes halogenated alkanes) is 1. The summed E-state index contributed by atoms with van der Waals surface area (Å²) >= 11 is 0. The predicted octanol–water partition coefficient (Wildman–Crippen LogP) is 3.10. The van der Waals surface area contributed by atoms with E-state index in [9.17, 15) is 4.79 Å². The van der Waals surface area contributed by atoms with Crippen LogP contribution in [0.3, 0.4) is 0 Å². The molecule has 0 saturated heterocycles. The van der Waals surface area contributed by atoms with Gasteiger partial charge in [0.2, 0.25) is 0 Å². The first-order valence-corrected chi connectivity index (χ1v) is 9.44. The number of fused-ring (bicyclic) bond motifs is 1. The maximum Gasteiger partial charge on any atom is 0.251 e. The van der Waals surface area contributed by atoms with Crippen molar-refractivity contribution in [3.8, 4) is 0 Å². The van der Waals surface area contributed by atoms with Gasteiger partial charge in [0.15, 0.2) is 5.65 Å². The second kappa shape index (κ2) is 8.77. The van der Waals surface area contributed by atoms with Crippen LogP contribution in [0.5, 0.6) is 0 Å². The minimum absolute atomic E-state index is 0.00539. The lowest BCUT2D eigenvalue weighted by molar-refractivity contribution is 0.0953. The van der Waals surface area contributed by atoms with Crippen molar-refractivity contribution < 1.29 is 4.79 Å². The number of nitrogens with zero attached hydrogens (tertiary/aromatic N) is 3. The monoisotopic (exact) mass is 365 g/mol. The molecule has 1 aromatic carbocycles. The minimum Gasteiger partial charge on any atom is -0.352 e. The van der Waals surface area contributed by atoms with E-state index in [1.165, 1.54) is 0 Å². The first-order valence-electron chi connectivity index (χ1n) is 9.44. The molecule has 1 amide bonds. The number of amides is 1. The summed E-state index contributed by atoms with van der Waals surface area (Å²) in [6, 6.07) is 9.89. The molecule has 0 saturated carbocycles. The first kappa shape index (κ1) is 19.0. The van der Waals surface area contributed by atoms with E-state index in [-0.39, 0.29) is 5.91 Å². The highest BCUT2D eigenvalue weighted by Gasteiger charge is 2.07. The summed E-state index contributed by atoms with van der Waals surface area (Å²) in [7, 11) is 1.91. The van der Waals surface area contributed by atoms with Gasteiger partial charge in [-0.15, -0.1) is 0 Å². The van der Waals surface area contributed by atoms with E-state index in [0.29, 0.717) is 5.56 Å². The maximum absolute atomic E-state index is 12.0. The summed E-state index contributed by atoms with van der Waals surface area (Å²) in [5.74, 6) is -0.00539. The Balaban J connectivity index is 1.53. The smallest absolute Gasteiger partial charge is 0.251 e. The van der Waals surface area contributed by atoms with E-state index in [1.807, 2.05) is 49.1 Å². The van der Waals surface area contributed by atoms with Crippen LogP contribution < -0.4 is 10.6 Å². The zero-order chi connectivity index (χ0) is 19.2. The molecule has 27 heavy (non-hydrogen) atoms. The Bertz CT molecular complexity index is 914. The van der Waals surface area contributed by atoms with Crippen LogP contribution in [-0.2, 0) is 20.1 Å². The third kappa shape index (κ3) is 4.71. The molecular weight excluding hydrogens is 338 g/mol. The maximum atomic E-state index is 12.0. The molecule has 3 rings (SSSR count). The van der Waals surface area contributed by atoms with Crippen molar-refractivity contribution >= 4 is 16.9 Å². The number of rotatable bonds is 8. The van der Waals surface area contributed by atoms with Gasteiger partial charge in [0, 0.05) is 43.8 Å². The van der Waals surface area contributed by atoms with Gasteiger partial charge in [-0.1, -0.05) is 25.5 Å². The van der Waals surface area contributed by atoms with Crippen LogP contribution >= 0.6 is 0 Å². The van der Waals surface area contributed by atoms with Gasteiger partial charge >= 0.3 is 0 Å². The van der Waals surface area contributed by atoms with Crippen molar-refractivity contribution in [2.24, 2.45) is 7.05 Å². The van der Waals surface area contributed by atoms with E-state index in [2.05, 4.69) is 33.7 Å². The summed E-state index contributed by atoms with van der Waals surface area (Å²) in [5, 5.41) is 11.9. The van der Waals surface area contributed by atoms with Gasteiger partial charge in [0.1, 0.15) is 0 Å². The lowest BCUT2D eigenvalue weighted by atomic mass is 10.1. The molecule has 0 atom stereocenters. The van der Waals surface area contributed by atoms with Crippen LogP contribution in [0.15, 0.2) is 36.5 Å².